The van der Waals surface area contributed by atoms with Crippen molar-refractivity contribution in [3.8, 4) is 0 Å². The predicted octanol–water partition coefficient (Wildman–Crippen LogP) is 2.17. The van der Waals surface area contributed by atoms with Gasteiger partial charge in [-0.2, -0.15) is 0 Å². The zero-order valence-electron chi connectivity index (χ0n) is 12.6. The van der Waals surface area contributed by atoms with E-state index < -0.39 is 0 Å². The van der Waals surface area contributed by atoms with E-state index in [-0.39, 0.29) is 18.3 Å². The number of hydrogen-bond acceptors (Lipinski definition) is 5. The summed E-state index contributed by atoms with van der Waals surface area (Å²) in [7, 11) is 0. The quantitative estimate of drug-likeness (QED) is 0.838. The van der Waals surface area contributed by atoms with Crippen molar-refractivity contribution in [3.63, 3.8) is 0 Å². The molecule has 0 aliphatic carbocycles. The van der Waals surface area contributed by atoms with Crippen LogP contribution in [0.1, 0.15) is 27.9 Å². The van der Waals surface area contributed by atoms with Gasteiger partial charge in [-0.3, -0.25) is 4.79 Å². The van der Waals surface area contributed by atoms with E-state index in [9.17, 15) is 4.79 Å². The molecule has 0 aliphatic rings. The molecule has 1 heterocycles. The van der Waals surface area contributed by atoms with Crippen LogP contribution in [0, 0.1) is 0 Å². The number of carbonyl (C=O) groups is 1. The van der Waals surface area contributed by atoms with Gasteiger partial charge in [0.15, 0.2) is 0 Å². The van der Waals surface area contributed by atoms with Gasteiger partial charge in [-0.25, -0.2) is 0 Å². The summed E-state index contributed by atoms with van der Waals surface area (Å²) in [5.74, 6) is -0.0109. The lowest BCUT2D eigenvalue weighted by Gasteiger charge is -2.21. The van der Waals surface area contributed by atoms with E-state index in [1.165, 1.54) is 5.56 Å². The molecule has 22 heavy (non-hydrogen) atoms. The Labute approximate surface area is 141 Å². The van der Waals surface area contributed by atoms with E-state index in [2.05, 4.69) is 21.7 Å². The van der Waals surface area contributed by atoms with Gasteiger partial charge in [-0.15, -0.1) is 17.5 Å². The number of aryl methyl sites for hydroxylation is 1. The summed E-state index contributed by atoms with van der Waals surface area (Å²) in [6.45, 7) is 3.63. The average Bonchev–Trinajstić information content (AvgIpc) is 3.00. The van der Waals surface area contributed by atoms with E-state index >= 15 is 0 Å². The molecule has 1 aromatic heterocycles. The van der Waals surface area contributed by atoms with Crippen LogP contribution < -0.4 is 5.73 Å². The van der Waals surface area contributed by atoms with Crippen molar-refractivity contribution < 1.29 is 4.79 Å². The van der Waals surface area contributed by atoms with Gasteiger partial charge >= 0.3 is 0 Å². The van der Waals surface area contributed by atoms with E-state index in [1.54, 1.807) is 4.90 Å². The molecule has 0 aliphatic heterocycles. The maximum absolute atomic E-state index is 12.6. The first-order valence-corrected chi connectivity index (χ1v) is 7.88. The minimum absolute atomic E-state index is 0. The van der Waals surface area contributed by atoms with Crippen molar-refractivity contribution in [1.82, 2.24) is 14.5 Å². The summed E-state index contributed by atoms with van der Waals surface area (Å²) >= 11 is 1.16. The van der Waals surface area contributed by atoms with Crippen molar-refractivity contribution in [2.24, 2.45) is 5.73 Å². The number of halogens is 1. The summed E-state index contributed by atoms with van der Waals surface area (Å²) in [6.07, 6.45) is 1.53. The monoisotopic (exact) mass is 340 g/mol. The predicted molar refractivity (Wildman–Crippen MR) is 91.6 cm³/mol. The molecular formula is C15H21ClN4OS. The highest BCUT2D eigenvalue weighted by Gasteiger charge is 2.21. The maximum Gasteiger partial charge on any atom is 0.267 e. The number of carbonyl (C=O) groups excluding carboxylic acids is 1. The van der Waals surface area contributed by atoms with Crippen LogP contribution in [-0.4, -0.2) is 40.0 Å². The van der Waals surface area contributed by atoms with Crippen molar-refractivity contribution in [2.75, 3.05) is 19.6 Å². The number of amides is 1. The number of benzene rings is 1. The normalized spacial score (nSPS) is 10.1. The Hall–Kier alpha value is -1.50. The van der Waals surface area contributed by atoms with E-state index in [0.29, 0.717) is 30.9 Å². The van der Waals surface area contributed by atoms with Gasteiger partial charge < -0.3 is 10.6 Å². The highest BCUT2D eigenvalue weighted by molar-refractivity contribution is 7.08. The molecule has 2 aromatic rings. The lowest BCUT2D eigenvalue weighted by Crippen LogP contribution is -2.37. The Bertz CT molecular complexity index is 576. The fraction of sp³-hybridized carbons (Fsp3) is 0.400. The van der Waals surface area contributed by atoms with Crippen LogP contribution in [0.15, 0.2) is 30.3 Å². The molecule has 0 saturated heterocycles. The van der Waals surface area contributed by atoms with Crippen LogP contribution in [-0.2, 0) is 12.8 Å². The fourth-order valence-corrected chi connectivity index (χ4v) is 2.84. The highest BCUT2D eigenvalue weighted by atomic mass is 35.5. The second-order valence-electron chi connectivity index (χ2n) is 4.72. The van der Waals surface area contributed by atoms with Gasteiger partial charge in [0.25, 0.3) is 5.91 Å². The molecule has 1 amide bonds. The van der Waals surface area contributed by atoms with Gasteiger partial charge in [0, 0.05) is 19.6 Å². The van der Waals surface area contributed by atoms with Crippen LogP contribution in [0.3, 0.4) is 0 Å². The molecule has 0 bridgehead atoms. The zero-order valence-corrected chi connectivity index (χ0v) is 14.2. The first-order valence-electron chi connectivity index (χ1n) is 7.10. The van der Waals surface area contributed by atoms with Crippen molar-refractivity contribution in [1.29, 1.82) is 0 Å². The van der Waals surface area contributed by atoms with E-state index in [1.807, 2.05) is 25.1 Å². The topological polar surface area (TPSA) is 72.1 Å². The average molecular weight is 341 g/mol. The maximum atomic E-state index is 12.6. The standard InChI is InChI=1S/C15H20N4OS.ClH/c1-2-13-14(21-18-17-13)15(20)19(11-9-16)10-8-12-6-4-3-5-7-12;/h3-7H,2,8-11,16H2,1H3;1H. The number of nitrogens with two attached hydrogens (primary N) is 1. The summed E-state index contributed by atoms with van der Waals surface area (Å²) in [4.78, 5) is 15.0. The van der Waals surface area contributed by atoms with Gasteiger partial charge in [0.2, 0.25) is 0 Å². The second-order valence-corrected chi connectivity index (χ2v) is 5.47. The van der Waals surface area contributed by atoms with Gasteiger partial charge in [0.1, 0.15) is 4.88 Å². The van der Waals surface area contributed by atoms with Crippen molar-refractivity contribution in [3.05, 3.63) is 46.5 Å². The minimum Gasteiger partial charge on any atom is -0.336 e. The molecule has 2 rings (SSSR count). The first kappa shape index (κ1) is 18.5. The second kappa shape index (κ2) is 9.50. The molecule has 0 saturated carbocycles. The Kier molecular flexibility index (Phi) is 8.01. The molecule has 2 N–H and O–H groups in total. The molecule has 0 radical (unpaired) electrons. The lowest BCUT2D eigenvalue weighted by molar-refractivity contribution is 0.0765. The molecule has 1 aromatic carbocycles. The molecule has 0 spiro atoms. The summed E-state index contributed by atoms with van der Waals surface area (Å²) in [5.41, 5.74) is 7.62. The van der Waals surface area contributed by atoms with Crippen LogP contribution >= 0.6 is 23.9 Å². The number of rotatable bonds is 7. The Morgan fingerprint density at radius 3 is 2.64 bits per heavy atom. The molecular weight excluding hydrogens is 320 g/mol. The fourth-order valence-electron chi connectivity index (χ4n) is 2.13. The molecule has 5 nitrogen and oxygen atoms in total. The number of aromatic nitrogens is 2. The van der Waals surface area contributed by atoms with E-state index in [0.717, 1.165) is 23.6 Å². The third-order valence-electron chi connectivity index (χ3n) is 3.28. The third kappa shape index (κ3) is 4.76. The van der Waals surface area contributed by atoms with Crippen LogP contribution in [0.4, 0.5) is 0 Å². The summed E-state index contributed by atoms with van der Waals surface area (Å²) in [6, 6.07) is 10.1. The number of hydrogen-bond donors (Lipinski definition) is 1. The molecule has 0 unspecified atom stereocenters. The molecule has 0 atom stereocenters. The summed E-state index contributed by atoms with van der Waals surface area (Å²) in [5, 5.41) is 4.01. The summed E-state index contributed by atoms with van der Waals surface area (Å²) < 4.78 is 3.89. The molecule has 7 heteroatoms. The van der Waals surface area contributed by atoms with Crippen molar-refractivity contribution >= 4 is 29.8 Å². The molecule has 120 valence electrons. The van der Waals surface area contributed by atoms with E-state index in [4.69, 9.17) is 5.73 Å². The van der Waals surface area contributed by atoms with Gasteiger partial charge in [-0.05, 0) is 29.9 Å². The zero-order chi connectivity index (χ0) is 15.1. The largest absolute Gasteiger partial charge is 0.336 e. The SMILES string of the molecule is CCc1nnsc1C(=O)N(CCN)CCc1ccccc1.Cl. The molecule has 0 fully saturated rings. The smallest absolute Gasteiger partial charge is 0.267 e. The lowest BCUT2D eigenvalue weighted by atomic mass is 10.1. The van der Waals surface area contributed by atoms with Crippen molar-refractivity contribution in [2.45, 2.75) is 19.8 Å². The Balaban J connectivity index is 0.00000242. The number of nitrogens with zero attached hydrogens (tertiary/aromatic N) is 3. The van der Waals surface area contributed by atoms with Gasteiger partial charge in [-0.1, -0.05) is 41.7 Å². The van der Waals surface area contributed by atoms with Crippen LogP contribution in [0.25, 0.3) is 0 Å². The first-order chi connectivity index (χ1) is 10.3. The third-order valence-corrected chi connectivity index (χ3v) is 4.04. The van der Waals surface area contributed by atoms with Crippen LogP contribution in [0.5, 0.6) is 0 Å². The Morgan fingerprint density at radius 2 is 2.00 bits per heavy atom. The Morgan fingerprint density at radius 1 is 1.27 bits per heavy atom. The van der Waals surface area contributed by atoms with Gasteiger partial charge in [0.05, 0.1) is 5.69 Å². The highest BCUT2D eigenvalue weighted by Crippen LogP contribution is 2.15. The minimum atomic E-state index is -0.0109. The van der Waals surface area contributed by atoms with Crippen LogP contribution in [0.2, 0.25) is 0 Å².